The molecule has 0 aliphatic rings. The van der Waals surface area contributed by atoms with Crippen LogP contribution in [-0.2, 0) is 5.75 Å². The lowest BCUT2D eigenvalue weighted by Crippen LogP contribution is -1.86. The number of hydrogen-bond acceptors (Lipinski definition) is 4. The van der Waals surface area contributed by atoms with Crippen molar-refractivity contribution in [3.05, 3.63) is 59.2 Å². The molecule has 0 radical (unpaired) electrons. The number of benzene rings is 2. The summed E-state index contributed by atoms with van der Waals surface area (Å²) in [6.07, 6.45) is 0. The SMILES string of the molecule is COc1ccc(-c2nc(SCc3cc(C)cc(C)c3)n[nH]2)cc1. The largest absolute Gasteiger partial charge is 0.497 e. The molecule has 0 aliphatic carbocycles. The zero-order valence-corrected chi connectivity index (χ0v) is 14.3. The number of aromatic nitrogens is 3. The first-order chi connectivity index (χ1) is 11.1. The van der Waals surface area contributed by atoms with Crippen molar-refractivity contribution in [1.29, 1.82) is 0 Å². The Morgan fingerprint density at radius 2 is 1.74 bits per heavy atom. The number of hydrogen-bond donors (Lipinski definition) is 1. The molecule has 0 fully saturated rings. The van der Waals surface area contributed by atoms with Crippen LogP contribution in [0.3, 0.4) is 0 Å². The zero-order valence-electron chi connectivity index (χ0n) is 13.5. The van der Waals surface area contributed by atoms with Crippen LogP contribution in [0, 0.1) is 13.8 Å². The van der Waals surface area contributed by atoms with Crippen molar-refractivity contribution < 1.29 is 4.74 Å². The Morgan fingerprint density at radius 3 is 2.39 bits per heavy atom. The topological polar surface area (TPSA) is 50.8 Å². The number of nitrogens with zero attached hydrogens (tertiary/aromatic N) is 2. The molecule has 0 saturated carbocycles. The van der Waals surface area contributed by atoms with Gasteiger partial charge in [-0.2, -0.15) is 0 Å². The van der Waals surface area contributed by atoms with Gasteiger partial charge in [0.2, 0.25) is 5.16 Å². The van der Waals surface area contributed by atoms with Crippen molar-refractivity contribution in [1.82, 2.24) is 15.2 Å². The van der Waals surface area contributed by atoms with E-state index in [1.54, 1.807) is 18.9 Å². The van der Waals surface area contributed by atoms with Crippen LogP contribution in [-0.4, -0.2) is 22.3 Å². The van der Waals surface area contributed by atoms with E-state index < -0.39 is 0 Å². The molecule has 0 atom stereocenters. The zero-order chi connectivity index (χ0) is 16.2. The van der Waals surface area contributed by atoms with Gasteiger partial charge in [0.15, 0.2) is 5.82 Å². The quantitative estimate of drug-likeness (QED) is 0.707. The van der Waals surface area contributed by atoms with Gasteiger partial charge in [0.25, 0.3) is 0 Å². The van der Waals surface area contributed by atoms with Crippen LogP contribution in [0.1, 0.15) is 16.7 Å². The van der Waals surface area contributed by atoms with Gasteiger partial charge in [-0.3, -0.25) is 5.10 Å². The number of nitrogens with one attached hydrogen (secondary N) is 1. The first-order valence-corrected chi connectivity index (χ1v) is 8.39. The van der Waals surface area contributed by atoms with Crippen LogP contribution in [0.25, 0.3) is 11.4 Å². The van der Waals surface area contributed by atoms with Crippen molar-refractivity contribution in [3.63, 3.8) is 0 Å². The van der Waals surface area contributed by atoms with E-state index >= 15 is 0 Å². The summed E-state index contributed by atoms with van der Waals surface area (Å²) in [7, 11) is 1.66. The molecule has 2 aromatic carbocycles. The van der Waals surface area contributed by atoms with Crippen molar-refractivity contribution in [2.45, 2.75) is 24.8 Å². The van der Waals surface area contributed by atoms with Crippen molar-refractivity contribution >= 4 is 11.8 Å². The van der Waals surface area contributed by atoms with E-state index in [-0.39, 0.29) is 0 Å². The van der Waals surface area contributed by atoms with Gasteiger partial charge >= 0.3 is 0 Å². The Labute approximate surface area is 140 Å². The normalized spacial score (nSPS) is 10.7. The Morgan fingerprint density at radius 1 is 1.04 bits per heavy atom. The number of ether oxygens (including phenoxy) is 1. The predicted molar refractivity (Wildman–Crippen MR) is 93.8 cm³/mol. The minimum absolute atomic E-state index is 0.759. The third kappa shape index (κ3) is 3.93. The van der Waals surface area contributed by atoms with Crippen molar-refractivity contribution in [2.75, 3.05) is 7.11 Å². The molecule has 4 nitrogen and oxygen atoms in total. The highest BCUT2D eigenvalue weighted by atomic mass is 32.2. The lowest BCUT2D eigenvalue weighted by Gasteiger charge is -2.03. The van der Waals surface area contributed by atoms with Crippen LogP contribution in [0.15, 0.2) is 47.6 Å². The number of methoxy groups -OCH3 is 1. The molecule has 0 amide bonds. The highest BCUT2D eigenvalue weighted by molar-refractivity contribution is 7.98. The Bertz CT molecular complexity index is 776. The second-order valence-corrected chi connectivity index (χ2v) is 6.42. The van der Waals surface area contributed by atoms with Gasteiger partial charge in [0.1, 0.15) is 5.75 Å². The molecule has 1 aromatic heterocycles. The minimum Gasteiger partial charge on any atom is -0.497 e. The molecule has 0 unspecified atom stereocenters. The summed E-state index contributed by atoms with van der Waals surface area (Å²) in [6, 6.07) is 14.4. The Kier molecular flexibility index (Phi) is 4.67. The molecule has 23 heavy (non-hydrogen) atoms. The van der Waals surface area contributed by atoms with E-state index in [0.717, 1.165) is 28.0 Å². The average molecular weight is 325 g/mol. The van der Waals surface area contributed by atoms with Gasteiger partial charge in [0, 0.05) is 11.3 Å². The molecule has 5 heteroatoms. The third-order valence-corrected chi connectivity index (χ3v) is 4.40. The number of rotatable bonds is 5. The second-order valence-electron chi connectivity index (χ2n) is 5.48. The molecular formula is C18H19N3OS. The van der Waals surface area contributed by atoms with E-state index in [4.69, 9.17) is 4.74 Å². The van der Waals surface area contributed by atoms with Gasteiger partial charge in [0.05, 0.1) is 7.11 Å². The van der Waals surface area contributed by atoms with Gasteiger partial charge in [-0.25, -0.2) is 4.98 Å². The lowest BCUT2D eigenvalue weighted by molar-refractivity contribution is 0.415. The van der Waals surface area contributed by atoms with E-state index in [1.807, 2.05) is 24.3 Å². The van der Waals surface area contributed by atoms with Crippen LogP contribution in [0.2, 0.25) is 0 Å². The molecule has 0 spiro atoms. The summed E-state index contributed by atoms with van der Waals surface area (Å²) in [5.74, 6) is 2.47. The fourth-order valence-corrected chi connectivity index (χ4v) is 3.22. The maximum Gasteiger partial charge on any atom is 0.209 e. The second kappa shape index (κ2) is 6.87. The van der Waals surface area contributed by atoms with Crippen LogP contribution in [0.5, 0.6) is 5.75 Å². The van der Waals surface area contributed by atoms with Gasteiger partial charge in [-0.15, -0.1) is 5.10 Å². The maximum atomic E-state index is 5.17. The molecule has 1 heterocycles. The summed E-state index contributed by atoms with van der Waals surface area (Å²) in [5.41, 5.74) is 4.86. The summed E-state index contributed by atoms with van der Waals surface area (Å²) in [6.45, 7) is 4.24. The van der Waals surface area contributed by atoms with Gasteiger partial charge in [-0.05, 0) is 43.7 Å². The van der Waals surface area contributed by atoms with E-state index in [0.29, 0.717) is 0 Å². The highest BCUT2D eigenvalue weighted by Gasteiger charge is 2.07. The van der Waals surface area contributed by atoms with Crippen LogP contribution >= 0.6 is 11.8 Å². The van der Waals surface area contributed by atoms with Crippen LogP contribution < -0.4 is 4.74 Å². The van der Waals surface area contributed by atoms with Gasteiger partial charge in [-0.1, -0.05) is 41.1 Å². The van der Waals surface area contributed by atoms with E-state index in [9.17, 15) is 0 Å². The first kappa shape index (κ1) is 15.6. The van der Waals surface area contributed by atoms with Crippen molar-refractivity contribution in [2.24, 2.45) is 0 Å². The molecule has 118 valence electrons. The molecule has 3 aromatic rings. The molecular weight excluding hydrogens is 306 g/mol. The molecule has 1 N–H and O–H groups in total. The Hall–Kier alpha value is -2.27. The highest BCUT2D eigenvalue weighted by Crippen LogP contribution is 2.24. The number of H-pyrrole nitrogens is 1. The minimum atomic E-state index is 0.759. The van der Waals surface area contributed by atoms with Crippen LogP contribution in [0.4, 0.5) is 0 Å². The monoisotopic (exact) mass is 325 g/mol. The number of aromatic amines is 1. The molecule has 0 saturated heterocycles. The molecule has 0 aliphatic heterocycles. The smallest absolute Gasteiger partial charge is 0.209 e. The summed E-state index contributed by atoms with van der Waals surface area (Å²) in [4.78, 5) is 4.55. The first-order valence-electron chi connectivity index (χ1n) is 7.41. The average Bonchev–Trinajstić information content (AvgIpc) is 3.01. The van der Waals surface area contributed by atoms with E-state index in [1.165, 1.54) is 16.7 Å². The number of thioether (sulfide) groups is 1. The Balaban J connectivity index is 1.69. The fourth-order valence-electron chi connectivity index (χ4n) is 2.49. The summed E-state index contributed by atoms with van der Waals surface area (Å²) >= 11 is 1.64. The van der Waals surface area contributed by atoms with Crippen molar-refractivity contribution in [3.8, 4) is 17.1 Å². The number of aryl methyl sites for hydroxylation is 2. The summed E-state index contributed by atoms with van der Waals surface area (Å²) < 4.78 is 5.17. The fraction of sp³-hybridized carbons (Fsp3) is 0.222. The molecule has 0 bridgehead atoms. The maximum absolute atomic E-state index is 5.17. The lowest BCUT2D eigenvalue weighted by atomic mass is 10.1. The standard InChI is InChI=1S/C18H19N3OS/c1-12-8-13(2)10-14(9-12)11-23-18-19-17(20-21-18)15-4-6-16(22-3)7-5-15/h4-10H,11H2,1-3H3,(H,19,20,21). The third-order valence-electron chi connectivity index (χ3n) is 3.48. The predicted octanol–water partition coefficient (Wildman–Crippen LogP) is 4.39. The molecule has 3 rings (SSSR count). The van der Waals surface area contributed by atoms with E-state index in [2.05, 4.69) is 47.2 Å². The van der Waals surface area contributed by atoms with Gasteiger partial charge < -0.3 is 4.74 Å². The summed E-state index contributed by atoms with van der Waals surface area (Å²) in [5, 5.41) is 8.05.